The fourth-order valence-corrected chi connectivity index (χ4v) is 1.22. The third kappa shape index (κ3) is 2.76. The maximum absolute atomic E-state index is 10.6. The molecule has 4 heteroatoms. The number of hydrogen-bond donors (Lipinski definition) is 0. The van der Waals surface area contributed by atoms with E-state index < -0.39 is 0 Å². The molecule has 1 heterocycles. The second kappa shape index (κ2) is 3.57. The highest BCUT2D eigenvalue weighted by molar-refractivity contribution is 8.12. The van der Waals surface area contributed by atoms with Crippen LogP contribution in [0.3, 0.4) is 0 Å². The third-order valence-corrected chi connectivity index (χ3v) is 2.04. The van der Waals surface area contributed by atoms with E-state index >= 15 is 0 Å². The standard InChI is InChI=1S/C7H10N2OS/c1-6(10)11-5-7-3-4-9(2)8-7/h3-4H,5H2,1-2H3. The van der Waals surface area contributed by atoms with Crippen LogP contribution >= 0.6 is 11.8 Å². The lowest BCUT2D eigenvalue weighted by molar-refractivity contribution is -0.109. The molecule has 0 saturated carbocycles. The summed E-state index contributed by atoms with van der Waals surface area (Å²) in [6.45, 7) is 1.56. The Balaban J connectivity index is 2.45. The molecule has 1 rings (SSSR count). The number of aryl methyl sites for hydroxylation is 1. The largest absolute Gasteiger partial charge is 0.288 e. The zero-order valence-corrected chi connectivity index (χ0v) is 7.39. The van der Waals surface area contributed by atoms with Gasteiger partial charge in [-0.3, -0.25) is 9.48 Å². The zero-order valence-electron chi connectivity index (χ0n) is 6.57. The number of nitrogens with zero attached hydrogens (tertiary/aromatic N) is 2. The first-order valence-electron chi connectivity index (χ1n) is 3.30. The maximum Gasteiger partial charge on any atom is 0.186 e. The first kappa shape index (κ1) is 8.33. The van der Waals surface area contributed by atoms with Gasteiger partial charge in [0.1, 0.15) is 0 Å². The van der Waals surface area contributed by atoms with Crippen molar-refractivity contribution in [3.8, 4) is 0 Å². The van der Waals surface area contributed by atoms with Crippen molar-refractivity contribution in [2.75, 3.05) is 0 Å². The highest BCUT2D eigenvalue weighted by atomic mass is 32.2. The second-order valence-corrected chi connectivity index (χ2v) is 3.41. The first-order valence-corrected chi connectivity index (χ1v) is 4.29. The van der Waals surface area contributed by atoms with Crippen molar-refractivity contribution < 1.29 is 4.79 Å². The molecule has 1 aromatic heterocycles. The maximum atomic E-state index is 10.6. The zero-order chi connectivity index (χ0) is 8.27. The van der Waals surface area contributed by atoms with Gasteiger partial charge >= 0.3 is 0 Å². The van der Waals surface area contributed by atoms with Crippen molar-refractivity contribution in [3.05, 3.63) is 18.0 Å². The Morgan fingerprint density at radius 1 is 1.82 bits per heavy atom. The Bertz CT molecular complexity index is 257. The van der Waals surface area contributed by atoms with E-state index in [2.05, 4.69) is 5.10 Å². The van der Waals surface area contributed by atoms with Gasteiger partial charge in [0.2, 0.25) is 0 Å². The van der Waals surface area contributed by atoms with Crippen molar-refractivity contribution in [1.29, 1.82) is 0 Å². The van der Waals surface area contributed by atoms with Gasteiger partial charge in [-0.2, -0.15) is 5.10 Å². The van der Waals surface area contributed by atoms with Gasteiger partial charge in [0.15, 0.2) is 5.12 Å². The minimum atomic E-state index is 0.135. The summed E-state index contributed by atoms with van der Waals surface area (Å²) in [5, 5.41) is 4.26. The normalized spacial score (nSPS) is 10.0. The van der Waals surface area contributed by atoms with Crippen molar-refractivity contribution in [2.45, 2.75) is 12.7 Å². The van der Waals surface area contributed by atoms with Crippen molar-refractivity contribution in [1.82, 2.24) is 9.78 Å². The smallest absolute Gasteiger partial charge is 0.186 e. The molecule has 11 heavy (non-hydrogen) atoms. The van der Waals surface area contributed by atoms with E-state index in [1.807, 2.05) is 19.3 Å². The van der Waals surface area contributed by atoms with E-state index in [1.165, 1.54) is 11.8 Å². The lowest BCUT2D eigenvalue weighted by atomic mass is 10.5. The summed E-state index contributed by atoms with van der Waals surface area (Å²) in [7, 11) is 1.86. The van der Waals surface area contributed by atoms with Gasteiger partial charge in [0.05, 0.1) is 5.69 Å². The van der Waals surface area contributed by atoms with Gasteiger partial charge in [-0.25, -0.2) is 0 Å². The molecule has 3 nitrogen and oxygen atoms in total. The Kier molecular flexibility index (Phi) is 2.70. The summed E-state index contributed by atoms with van der Waals surface area (Å²) in [4.78, 5) is 10.6. The van der Waals surface area contributed by atoms with Gasteiger partial charge in [-0.15, -0.1) is 0 Å². The molecule has 0 N–H and O–H groups in total. The average molecular weight is 170 g/mol. The molecule has 1 aromatic rings. The molecule has 0 radical (unpaired) electrons. The highest BCUT2D eigenvalue weighted by Crippen LogP contribution is 2.09. The molecular formula is C7H10N2OS. The topological polar surface area (TPSA) is 34.9 Å². The summed E-state index contributed by atoms with van der Waals surface area (Å²) in [5.41, 5.74) is 0.952. The van der Waals surface area contributed by atoms with Crippen LogP contribution in [0.5, 0.6) is 0 Å². The predicted molar refractivity (Wildman–Crippen MR) is 45.2 cm³/mol. The van der Waals surface area contributed by atoms with Gasteiger partial charge < -0.3 is 0 Å². The minimum absolute atomic E-state index is 0.135. The van der Waals surface area contributed by atoms with Crippen molar-refractivity contribution >= 4 is 16.9 Å². The molecule has 0 atom stereocenters. The highest BCUT2D eigenvalue weighted by Gasteiger charge is 1.98. The quantitative estimate of drug-likeness (QED) is 0.669. The van der Waals surface area contributed by atoms with E-state index in [0.29, 0.717) is 5.75 Å². The minimum Gasteiger partial charge on any atom is -0.288 e. The van der Waals surface area contributed by atoms with Crippen molar-refractivity contribution in [2.24, 2.45) is 7.05 Å². The molecule has 0 spiro atoms. The van der Waals surface area contributed by atoms with Crippen LogP contribution in [0.4, 0.5) is 0 Å². The van der Waals surface area contributed by atoms with Crippen LogP contribution in [0.2, 0.25) is 0 Å². The fraction of sp³-hybridized carbons (Fsp3) is 0.429. The summed E-state index contributed by atoms with van der Waals surface area (Å²) < 4.78 is 1.73. The molecule has 0 aliphatic heterocycles. The summed E-state index contributed by atoms with van der Waals surface area (Å²) in [6, 6.07) is 1.91. The number of rotatable bonds is 2. The Labute approximate surface area is 69.8 Å². The van der Waals surface area contributed by atoms with Crippen LogP contribution < -0.4 is 0 Å². The van der Waals surface area contributed by atoms with Crippen LogP contribution in [0, 0.1) is 0 Å². The van der Waals surface area contributed by atoms with E-state index in [0.717, 1.165) is 5.69 Å². The van der Waals surface area contributed by atoms with E-state index in [-0.39, 0.29) is 5.12 Å². The lowest BCUT2D eigenvalue weighted by Gasteiger charge is -1.90. The Hall–Kier alpha value is -0.770. The molecule has 0 fully saturated rings. The van der Waals surface area contributed by atoms with E-state index in [4.69, 9.17) is 0 Å². The molecule has 0 aromatic carbocycles. The van der Waals surface area contributed by atoms with Gasteiger partial charge in [-0.1, -0.05) is 11.8 Å². The number of carbonyl (C=O) groups excluding carboxylic acids is 1. The van der Waals surface area contributed by atoms with E-state index in [1.54, 1.807) is 11.6 Å². The molecular weight excluding hydrogens is 160 g/mol. The Morgan fingerprint density at radius 2 is 2.55 bits per heavy atom. The van der Waals surface area contributed by atoms with Gasteiger partial charge in [-0.05, 0) is 6.07 Å². The summed E-state index contributed by atoms with van der Waals surface area (Å²) >= 11 is 1.28. The average Bonchev–Trinajstić information content (AvgIpc) is 2.31. The first-order chi connectivity index (χ1) is 5.18. The van der Waals surface area contributed by atoms with Gasteiger partial charge in [0, 0.05) is 25.9 Å². The number of thioether (sulfide) groups is 1. The summed E-state index contributed by atoms with van der Waals surface area (Å²) in [5.74, 6) is 0.677. The Morgan fingerprint density at radius 3 is 3.00 bits per heavy atom. The molecule has 0 aliphatic rings. The molecule has 0 amide bonds. The molecule has 60 valence electrons. The second-order valence-electron chi connectivity index (χ2n) is 2.26. The number of carbonyl (C=O) groups is 1. The number of hydrogen-bond acceptors (Lipinski definition) is 3. The molecule has 0 aliphatic carbocycles. The number of aromatic nitrogens is 2. The van der Waals surface area contributed by atoms with Crippen LogP contribution in [-0.2, 0) is 17.6 Å². The fourth-order valence-electron chi connectivity index (χ4n) is 0.716. The van der Waals surface area contributed by atoms with Crippen LogP contribution in [0.1, 0.15) is 12.6 Å². The summed E-state index contributed by atoms with van der Waals surface area (Å²) in [6.07, 6.45) is 1.87. The van der Waals surface area contributed by atoms with E-state index in [9.17, 15) is 4.79 Å². The molecule has 0 unspecified atom stereocenters. The molecule has 0 bridgehead atoms. The lowest BCUT2D eigenvalue weighted by Crippen LogP contribution is -1.90. The predicted octanol–water partition coefficient (Wildman–Crippen LogP) is 1.20. The van der Waals surface area contributed by atoms with Crippen LogP contribution in [0.25, 0.3) is 0 Å². The van der Waals surface area contributed by atoms with Crippen LogP contribution in [0.15, 0.2) is 12.3 Å². The monoisotopic (exact) mass is 170 g/mol. The van der Waals surface area contributed by atoms with Crippen LogP contribution in [-0.4, -0.2) is 14.9 Å². The van der Waals surface area contributed by atoms with Gasteiger partial charge in [0.25, 0.3) is 0 Å². The SMILES string of the molecule is CC(=O)SCc1ccn(C)n1. The third-order valence-electron chi connectivity index (χ3n) is 1.19. The molecule has 0 saturated heterocycles. The van der Waals surface area contributed by atoms with Crippen molar-refractivity contribution in [3.63, 3.8) is 0 Å².